The Morgan fingerprint density at radius 1 is 1.44 bits per heavy atom. The zero-order valence-electron chi connectivity index (χ0n) is 10.4. The summed E-state index contributed by atoms with van der Waals surface area (Å²) in [5, 5.41) is 3.98. The van der Waals surface area contributed by atoms with E-state index < -0.39 is 0 Å². The zero-order chi connectivity index (χ0) is 11.7. The molecule has 0 spiro atoms. The minimum atomic E-state index is 0.00266. The lowest BCUT2D eigenvalue weighted by Gasteiger charge is -2.32. The molecular weight excluding hydrogens is 220 g/mol. The van der Waals surface area contributed by atoms with Crippen molar-refractivity contribution in [2.75, 3.05) is 5.75 Å². The molecule has 1 aliphatic heterocycles. The van der Waals surface area contributed by atoms with Crippen molar-refractivity contribution >= 4 is 17.7 Å². The van der Waals surface area contributed by atoms with E-state index in [-0.39, 0.29) is 12.2 Å². The first-order chi connectivity index (χ1) is 7.65. The second-order valence-electron chi connectivity index (χ2n) is 4.80. The molecule has 0 radical (unpaired) electrons. The summed E-state index contributed by atoms with van der Waals surface area (Å²) in [5.41, 5.74) is 0. The SMILES string of the molecule is CCSC1CCCC1N1C(=O)C(C)NC1C. The highest BCUT2D eigenvalue weighted by Crippen LogP contribution is 2.35. The van der Waals surface area contributed by atoms with Crippen LogP contribution >= 0.6 is 11.8 Å². The Kier molecular flexibility index (Phi) is 3.80. The van der Waals surface area contributed by atoms with E-state index in [0.717, 1.165) is 5.75 Å². The summed E-state index contributed by atoms with van der Waals surface area (Å²) in [5.74, 6) is 1.45. The molecule has 4 unspecified atom stereocenters. The van der Waals surface area contributed by atoms with Gasteiger partial charge in [0.1, 0.15) is 0 Å². The molecule has 2 aliphatic rings. The molecule has 16 heavy (non-hydrogen) atoms. The Balaban J connectivity index is 2.08. The van der Waals surface area contributed by atoms with Crippen molar-refractivity contribution in [2.24, 2.45) is 0 Å². The molecule has 2 fully saturated rings. The van der Waals surface area contributed by atoms with Crippen LogP contribution in [0.2, 0.25) is 0 Å². The number of hydrogen-bond acceptors (Lipinski definition) is 3. The molecule has 0 aromatic rings. The highest BCUT2D eigenvalue weighted by molar-refractivity contribution is 7.99. The van der Waals surface area contributed by atoms with Gasteiger partial charge in [0.05, 0.1) is 12.2 Å². The quantitative estimate of drug-likeness (QED) is 0.819. The number of hydrogen-bond donors (Lipinski definition) is 1. The fraction of sp³-hybridized carbons (Fsp3) is 0.917. The predicted molar refractivity (Wildman–Crippen MR) is 68.5 cm³/mol. The van der Waals surface area contributed by atoms with Crippen molar-refractivity contribution < 1.29 is 4.79 Å². The molecule has 1 saturated heterocycles. The summed E-state index contributed by atoms with van der Waals surface area (Å²) in [6.07, 6.45) is 3.94. The van der Waals surface area contributed by atoms with Gasteiger partial charge < -0.3 is 4.90 Å². The first kappa shape index (κ1) is 12.2. The molecule has 4 heteroatoms. The molecule has 1 amide bonds. The van der Waals surface area contributed by atoms with Gasteiger partial charge >= 0.3 is 0 Å². The van der Waals surface area contributed by atoms with Crippen LogP contribution in [0.15, 0.2) is 0 Å². The van der Waals surface area contributed by atoms with E-state index in [2.05, 4.69) is 24.1 Å². The number of nitrogens with zero attached hydrogens (tertiary/aromatic N) is 1. The van der Waals surface area contributed by atoms with Crippen LogP contribution in [0.3, 0.4) is 0 Å². The summed E-state index contributed by atoms with van der Waals surface area (Å²) in [7, 11) is 0. The van der Waals surface area contributed by atoms with Crippen LogP contribution in [0.1, 0.15) is 40.0 Å². The van der Waals surface area contributed by atoms with Gasteiger partial charge in [-0.3, -0.25) is 10.1 Å². The standard InChI is InChI=1S/C12H22N2OS/c1-4-16-11-7-5-6-10(11)14-9(3)13-8(2)12(14)15/h8-11,13H,4-7H2,1-3H3. The van der Waals surface area contributed by atoms with E-state index in [0.29, 0.717) is 17.2 Å². The fourth-order valence-electron chi connectivity index (χ4n) is 3.01. The average Bonchev–Trinajstić information content (AvgIpc) is 2.75. The van der Waals surface area contributed by atoms with Crippen molar-refractivity contribution in [3.8, 4) is 0 Å². The smallest absolute Gasteiger partial charge is 0.241 e. The molecule has 92 valence electrons. The molecule has 1 N–H and O–H groups in total. The fourth-order valence-corrected chi connectivity index (χ4v) is 4.26. The Labute approximate surface area is 102 Å². The van der Waals surface area contributed by atoms with Crippen LogP contribution in [0, 0.1) is 0 Å². The number of thioether (sulfide) groups is 1. The number of nitrogens with one attached hydrogen (secondary N) is 1. The Morgan fingerprint density at radius 2 is 2.19 bits per heavy atom. The highest BCUT2D eigenvalue weighted by atomic mass is 32.2. The van der Waals surface area contributed by atoms with Crippen LogP contribution in [-0.2, 0) is 4.79 Å². The van der Waals surface area contributed by atoms with E-state index in [4.69, 9.17) is 0 Å². The largest absolute Gasteiger partial charge is 0.322 e. The average molecular weight is 242 g/mol. The number of carbonyl (C=O) groups excluding carboxylic acids is 1. The molecule has 0 bridgehead atoms. The lowest BCUT2D eigenvalue weighted by molar-refractivity contribution is -0.131. The third-order valence-electron chi connectivity index (χ3n) is 3.69. The lowest BCUT2D eigenvalue weighted by Crippen LogP contribution is -2.46. The molecule has 4 atom stereocenters. The summed E-state index contributed by atoms with van der Waals surface area (Å²) in [6, 6.07) is 0.466. The van der Waals surface area contributed by atoms with E-state index in [1.54, 1.807) is 0 Å². The Bertz CT molecular complexity index is 272. The van der Waals surface area contributed by atoms with Crippen molar-refractivity contribution in [1.82, 2.24) is 10.2 Å². The summed E-state index contributed by atoms with van der Waals surface area (Å²) in [6.45, 7) is 6.28. The maximum atomic E-state index is 12.1. The number of rotatable bonds is 3. The van der Waals surface area contributed by atoms with Gasteiger partial charge in [0.15, 0.2) is 0 Å². The minimum Gasteiger partial charge on any atom is -0.322 e. The maximum absolute atomic E-state index is 12.1. The van der Waals surface area contributed by atoms with Crippen LogP contribution in [0.5, 0.6) is 0 Å². The summed E-state index contributed by atoms with van der Waals surface area (Å²) >= 11 is 2.02. The van der Waals surface area contributed by atoms with Gasteiger partial charge in [0, 0.05) is 11.3 Å². The van der Waals surface area contributed by atoms with Crippen LogP contribution in [0.4, 0.5) is 0 Å². The van der Waals surface area contributed by atoms with Crippen molar-refractivity contribution in [3.63, 3.8) is 0 Å². The third-order valence-corrected chi connectivity index (χ3v) is 5.00. The zero-order valence-corrected chi connectivity index (χ0v) is 11.2. The molecule has 1 aliphatic carbocycles. The van der Waals surface area contributed by atoms with Gasteiger partial charge in [-0.1, -0.05) is 13.3 Å². The molecule has 2 rings (SSSR count). The van der Waals surface area contributed by atoms with E-state index >= 15 is 0 Å². The lowest BCUT2D eigenvalue weighted by atomic mass is 10.2. The number of carbonyl (C=O) groups is 1. The van der Waals surface area contributed by atoms with E-state index in [1.807, 2.05) is 18.7 Å². The monoisotopic (exact) mass is 242 g/mol. The van der Waals surface area contributed by atoms with Crippen LogP contribution in [-0.4, -0.2) is 40.1 Å². The van der Waals surface area contributed by atoms with Crippen molar-refractivity contribution in [3.05, 3.63) is 0 Å². The first-order valence-corrected chi connectivity index (χ1v) is 7.39. The Hall–Kier alpha value is -0.220. The Morgan fingerprint density at radius 3 is 2.75 bits per heavy atom. The normalized spacial score (nSPS) is 39.7. The topological polar surface area (TPSA) is 32.3 Å². The van der Waals surface area contributed by atoms with Gasteiger partial charge in [-0.15, -0.1) is 0 Å². The summed E-state index contributed by atoms with van der Waals surface area (Å²) < 4.78 is 0. The van der Waals surface area contributed by atoms with E-state index in [1.165, 1.54) is 19.3 Å². The molecule has 1 saturated carbocycles. The minimum absolute atomic E-state index is 0.00266. The van der Waals surface area contributed by atoms with E-state index in [9.17, 15) is 4.79 Å². The van der Waals surface area contributed by atoms with Gasteiger partial charge in [-0.05, 0) is 32.4 Å². The van der Waals surface area contributed by atoms with Gasteiger partial charge in [-0.2, -0.15) is 11.8 Å². The highest BCUT2D eigenvalue weighted by Gasteiger charge is 2.42. The molecule has 0 aromatic carbocycles. The van der Waals surface area contributed by atoms with Crippen molar-refractivity contribution in [2.45, 2.75) is 63.5 Å². The molecule has 0 aromatic heterocycles. The van der Waals surface area contributed by atoms with Crippen LogP contribution < -0.4 is 5.32 Å². The van der Waals surface area contributed by atoms with Crippen molar-refractivity contribution in [1.29, 1.82) is 0 Å². The number of amides is 1. The molecular formula is C12H22N2OS. The van der Waals surface area contributed by atoms with Crippen LogP contribution in [0.25, 0.3) is 0 Å². The molecule has 3 nitrogen and oxygen atoms in total. The second-order valence-corrected chi connectivity index (χ2v) is 6.32. The summed E-state index contributed by atoms with van der Waals surface area (Å²) in [4.78, 5) is 14.2. The predicted octanol–water partition coefficient (Wildman–Crippen LogP) is 1.83. The maximum Gasteiger partial charge on any atom is 0.241 e. The van der Waals surface area contributed by atoms with Gasteiger partial charge in [-0.25, -0.2) is 0 Å². The second kappa shape index (κ2) is 4.96. The molecule has 1 heterocycles. The van der Waals surface area contributed by atoms with Gasteiger partial charge in [0.25, 0.3) is 0 Å². The van der Waals surface area contributed by atoms with Gasteiger partial charge in [0.2, 0.25) is 5.91 Å². The third kappa shape index (κ3) is 2.09. The first-order valence-electron chi connectivity index (χ1n) is 6.35.